The topological polar surface area (TPSA) is 32.3 Å². The number of aryl methyl sites for hydroxylation is 1. The van der Waals surface area contributed by atoms with E-state index in [0.29, 0.717) is 0 Å². The van der Waals surface area contributed by atoms with Crippen LogP contribution < -0.4 is 5.32 Å². The van der Waals surface area contributed by atoms with E-state index >= 15 is 0 Å². The Morgan fingerprint density at radius 3 is 2.74 bits per heavy atom. The largest absolute Gasteiger partial charge is 0.344 e. The van der Waals surface area contributed by atoms with Gasteiger partial charge in [0.2, 0.25) is 5.91 Å². The predicted molar refractivity (Wildman–Crippen MR) is 78.0 cm³/mol. The molecule has 0 spiro atoms. The molecule has 104 valence electrons. The summed E-state index contributed by atoms with van der Waals surface area (Å²) in [5, 5.41) is 3.33. The first-order chi connectivity index (χ1) is 9.12. The average molecular weight is 260 g/mol. The van der Waals surface area contributed by atoms with E-state index in [1.807, 2.05) is 24.9 Å². The van der Waals surface area contributed by atoms with E-state index in [4.69, 9.17) is 0 Å². The monoisotopic (exact) mass is 260 g/mol. The molecule has 1 aromatic carbocycles. The number of likely N-dealkylation sites (N-methyl/N-ethyl adjacent to an activating group) is 1. The second-order valence-corrected chi connectivity index (χ2v) is 5.68. The molecule has 3 nitrogen and oxygen atoms in total. The minimum atomic E-state index is -0.332. The molecule has 1 amide bonds. The van der Waals surface area contributed by atoms with Gasteiger partial charge in [0, 0.05) is 13.6 Å². The molecule has 1 N–H and O–H groups in total. The number of hydrogen-bond acceptors (Lipinski definition) is 2. The summed E-state index contributed by atoms with van der Waals surface area (Å²) in [5.74, 6) is 0.234. The number of hydrogen-bond donors (Lipinski definition) is 1. The Morgan fingerprint density at radius 2 is 2.11 bits per heavy atom. The molecule has 1 saturated heterocycles. The normalized spacial score (nSPS) is 22.4. The molecule has 0 saturated carbocycles. The Morgan fingerprint density at radius 1 is 1.37 bits per heavy atom. The molecule has 19 heavy (non-hydrogen) atoms. The number of carbonyl (C=O) groups excluding carboxylic acids is 1. The number of amides is 1. The van der Waals surface area contributed by atoms with E-state index in [1.54, 1.807) is 0 Å². The van der Waals surface area contributed by atoms with E-state index in [1.165, 1.54) is 5.56 Å². The number of benzene rings is 1. The van der Waals surface area contributed by atoms with Gasteiger partial charge in [-0.2, -0.15) is 0 Å². The zero-order chi connectivity index (χ0) is 13.7. The Bertz CT molecular complexity index is 410. The first kappa shape index (κ1) is 14.1. The molecular weight excluding hydrogens is 236 g/mol. The third kappa shape index (κ3) is 3.57. The second-order valence-electron chi connectivity index (χ2n) is 5.68. The van der Waals surface area contributed by atoms with Crippen LogP contribution >= 0.6 is 0 Å². The van der Waals surface area contributed by atoms with Gasteiger partial charge in [-0.15, -0.1) is 0 Å². The number of nitrogens with zero attached hydrogens (tertiary/aromatic N) is 1. The van der Waals surface area contributed by atoms with Crippen molar-refractivity contribution in [1.29, 1.82) is 0 Å². The molecule has 1 aliphatic heterocycles. The van der Waals surface area contributed by atoms with Crippen LogP contribution in [0.25, 0.3) is 0 Å². The fourth-order valence-electron chi connectivity index (χ4n) is 2.76. The highest BCUT2D eigenvalue weighted by molar-refractivity contribution is 5.86. The molecule has 0 aliphatic carbocycles. The number of carbonyl (C=O) groups is 1. The molecule has 1 heterocycles. The van der Waals surface area contributed by atoms with E-state index in [9.17, 15) is 4.79 Å². The summed E-state index contributed by atoms with van der Waals surface area (Å²) >= 11 is 0. The number of rotatable bonds is 5. The Kier molecular flexibility index (Phi) is 4.59. The average Bonchev–Trinajstić information content (AvgIpc) is 2.87. The minimum Gasteiger partial charge on any atom is -0.344 e. The highest BCUT2D eigenvalue weighted by Crippen LogP contribution is 2.20. The van der Waals surface area contributed by atoms with Crippen molar-refractivity contribution < 1.29 is 4.79 Å². The SMILES string of the molecule is CN(CCCc1ccccc1)C(=O)C1(C)CCCN1. The number of nitrogens with one attached hydrogen (secondary N) is 1. The lowest BCUT2D eigenvalue weighted by atomic mass is 9.98. The smallest absolute Gasteiger partial charge is 0.242 e. The van der Waals surface area contributed by atoms with Gasteiger partial charge in [-0.25, -0.2) is 0 Å². The first-order valence-electron chi connectivity index (χ1n) is 7.16. The van der Waals surface area contributed by atoms with Gasteiger partial charge in [0.15, 0.2) is 0 Å². The molecule has 1 atom stereocenters. The lowest BCUT2D eigenvalue weighted by Crippen LogP contribution is -2.51. The summed E-state index contributed by atoms with van der Waals surface area (Å²) in [6.07, 6.45) is 4.10. The zero-order valence-electron chi connectivity index (χ0n) is 12.0. The van der Waals surface area contributed by atoms with E-state index < -0.39 is 0 Å². The summed E-state index contributed by atoms with van der Waals surface area (Å²) in [4.78, 5) is 14.2. The highest BCUT2D eigenvalue weighted by Gasteiger charge is 2.37. The fraction of sp³-hybridized carbons (Fsp3) is 0.562. The van der Waals surface area contributed by atoms with Crippen molar-refractivity contribution in [1.82, 2.24) is 10.2 Å². The molecule has 3 heteroatoms. The lowest BCUT2D eigenvalue weighted by Gasteiger charge is -2.29. The van der Waals surface area contributed by atoms with E-state index in [0.717, 1.165) is 38.8 Å². The fourth-order valence-corrected chi connectivity index (χ4v) is 2.76. The van der Waals surface area contributed by atoms with Crippen LogP contribution in [-0.4, -0.2) is 36.5 Å². The van der Waals surface area contributed by atoms with Crippen LogP contribution in [0.1, 0.15) is 31.7 Å². The molecular formula is C16H24N2O. The van der Waals surface area contributed by atoms with Gasteiger partial charge in [-0.1, -0.05) is 30.3 Å². The molecule has 0 aromatic heterocycles. The van der Waals surface area contributed by atoms with E-state index in [2.05, 4.69) is 29.6 Å². The summed E-state index contributed by atoms with van der Waals surface area (Å²) in [5.41, 5.74) is 1.01. The van der Waals surface area contributed by atoms with Gasteiger partial charge in [0.1, 0.15) is 0 Å². The van der Waals surface area contributed by atoms with Crippen molar-refractivity contribution in [2.45, 2.75) is 38.1 Å². The van der Waals surface area contributed by atoms with Gasteiger partial charge >= 0.3 is 0 Å². The van der Waals surface area contributed by atoms with Crippen molar-refractivity contribution in [3.05, 3.63) is 35.9 Å². The Hall–Kier alpha value is -1.35. The van der Waals surface area contributed by atoms with Crippen LogP contribution in [0.5, 0.6) is 0 Å². The molecule has 1 aromatic rings. The summed E-state index contributed by atoms with van der Waals surface area (Å²) in [6, 6.07) is 10.4. The maximum atomic E-state index is 12.4. The highest BCUT2D eigenvalue weighted by atomic mass is 16.2. The van der Waals surface area contributed by atoms with Gasteiger partial charge in [-0.3, -0.25) is 4.79 Å². The van der Waals surface area contributed by atoms with Crippen molar-refractivity contribution in [3.8, 4) is 0 Å². The van der Waals surface area contributed by atoms with Crippen LogP contribution in [0.2, 0.25) is 0 Å². The van der Waals surface area contributed by atoms with Crippen LogP contribution in [-0.2, 0) is 11.2 Å². The zero-order valence-corrected chi connectivity index (χ0v) is 12.0. The van der Waals surface area contributed by atoms with Gasteiger partial charge in [-0.05, 0) is 44.7 Å². The predicted octanol–water partition coefficient (Wildman–Crippen LogP) is 2.22. The third-order valence-electron chi connectivity index (χ3n) is 3.99. The van der Waals surface area contributed by atoms with Crippen molar-refractivity contribution in [3.63, 3.8) is 0 Å². The molecule has 0 radical (unpaired) electrons. The lowest BCUT2D eigenvalue weighted by molar-refractivity contribution is -0.135. The summed E-state index contributed by atoms with van der Waals surface area (Å²) in [7, 11) is 1.92. The van der Waals surface area contributed by atoms with Crippen LogP contribution in [0.15, 0.2) is 30.3 Å². The van der Waals surface area contributed by atoms with Crippen molar-refractivity contribution >= 4 is 5.91 Å². The van der Waals surface area contributed by atoms with Crippen LogP contribution in [0.4, 0.5) is 0 Å². The van der Waals surface area contributed by atoms with Crippen LogP contribution in [0, 0.1) is 0 Å². The summed E-state index contributed by atoms with van der Waals surface area (Å²) < 4.78 is 0. The van der Waals surface area contributed by atoms with E-state index in [-0.39, 0.29) is 11.4 Å². The Balaban J connectivity index is 1.78. The maximum Gasteiger partial charge on any atom is 0.242 e. The van der Waals surface area contributed by atoms with Gasteiger partial charge < -0.3 is 10.2 Å². The molecule has 1 unspecified atom stereocenters. The molecule has 0 bridgehead atoms. The molecule has 2 rings (SSSR count). The van der Waals surface area contributed by atoms with Crippen LogP contribution in [0.3, 0.4) is 0 Å². The summed E-state index contributed by atoms with van der Waals surface area (Å²) in [6.45, 7) is 3.81. The molecule has 1 fully saturated rings. The molecule has 1 aliphatic rings. The minimum absolute atomic E-state index is 0.234. The van der Waals surface area contributed by atoms with Gasteiger partial charge in [0.05, 0.1) is 5.54 Å². The quantitative estimate of drug-likeness (QED) is 0.880. The second kappa shape index (κ2) is 6.20. The van der Waals surface area contributed by atoms with Gasteiger partial charge in [0.25, 0.3) is 0 Å². The maximum absolute atomic E-state index is 12.4. The standard InChI is InChI=1S/C16H24N2O/c1-16(11-7-12-17-16)15(19)18(2)13-6-10-14-8-4-3-5-9-14/h3-5,8-9,17H,6-7,10-13H2,1-2H3. The first-order valence-corrected chi connectivity index (χ1v) is 7.16. The van der Waals surface area contributed by atoms with Crippen molar-refractivity contribution in [2.75, 3.05) is 20.1 Å². The van der Waals surface area contributed by atoms with Crippen molar-refractivity contribution in [2.24, 2.45) is 0 Å². The third-order valence-corrected chi connectivity index (χ3v) is 3.99. The Labute approximate surface area is 116 Å².